The first kappa shape index (κ1) is 14.6. The van der Waals surface area contributed by atoms with Crippen LogP contribution in [0.15, 0.2) is 47.4 Å². The predicted molar refractivity (Wildman–Crippen MR) is 81.2 cm³/mol. The maximum atomic E-state index is 12.2. The Morgan fingerprint density at radius 3 is 2.30 bits per heavy atom. The second kappa shape index (κ2) is 5.70. The first-order valence-electron chi connectivity index (χ1n) is 5.78. The lowest BCUT2D eigenvalue weighted by Gasteiger charge is -2.10. The number of hydrazine groups is 1. The van der Waals surface area contributed by atoms with Crippen LogP contribution in [0, 0.1) is 6.92 Å². The maximum Gasteiger partial charge on any atom is 0.261 e. The topological polar surface area (TPSA) is 84.2 Å². The van der Waals surface area contributed by atoms with Crippen molar-refractivity contribution in [1.82, 2.24) is 0 Å². The zero-order valence-electron chi connectivity index (χ0n) is 10.7. The van der Waals surface area contributed by atoms with Gasteiger partial charge in [-0.25, -0.2) is 8.42 Å². The Morgan fingerprint density at radius 1 is 1.10 bits per heavy atom. The smallest absolute Gasteiger partial charge is 0.261 e. The molecule has 0 aliphatic heterocycles. The van der Waals surface area contributed by atoms with Crippen LogP contribution in [0.4, 0.5) is 11.4 Å². The SMILES string of the molecule is Cc1ccc(NS(=O)(=O)c2ccc(NN)cc2)c(Cl)c1. The average Bonchev–Trinajstić information content (AvgIpc) is 2.42. The van der Waals surface area contributed by atoms with Crippen LogP contribution in [0.1, 0.15) is 5.56 Å². The molecule has 0 saturated heterocycles. The van der Waals surface area contributed by atoms with Gasteiger partial charge in [0.05, 0.1) is 15.6 Å². The third kappa shape index (κ3) is 3.22. The van der Waals surface area contributed by atoms with E-state index in [1.54, 1.807) is 30.3 Å². The Bertz CT molecular complexity index is 715. The van der Waals surface area contributed by atoms with E-state index in [1.807, 2.05) is 6.92 Å². The summed E-state index contributed by atoms with van der Waals surface area (Å²) in [5.74, 6) is 5.23. The van der Waals surface area contributed by atoms with E-state index in [9.17, 15) is 8.42 Å². The van der Waals surface area contributed by atoms with Crippen LogP contribution in [-0.4, -0.2) is 8.42 Å². The van der Waals surface area contributed by atoms with Gasteiger partial charge in [-0.1, -0.05) is 17.7 Å². The number of nitrogens with two attached hydrogens (primary N) is 1. The molecule has 0 aliphatic rings. The van der Waals surface area contributed by atoms with Crippen LogP contribution in [0.25, 0.3) is 0 Å². The molecule has 4 N–H and O–H groups in total. The standard InChI is InChI=1S/C13H14ClN3O2S/c1-9-2-7-13(12(14)8-9)17-20(18,19)11-5-3-10(16-15)4-6-11/h2-8,16-17H,15H2,1H3. The lowest BCUT2D eigenvalue weighted by molar-refractivity contribution is 0.601. The molecule has 0 spiro atoms. The molecule has 20 heavy (non-hydrogen) atoms. The van der Waals surface area contributed by atoms with Gasteiger partial charge in [0.1, 0.15) is 0 Å². The molecule has 0 unspecified atom stereocenters. The van der Waals surface area contributed by atoms with E-state index in [-0.39, 0.29) is 4.90 Å². The van der Waals surface area contributed by atoms with Crippen molar-refractivity contribution in [2.45, 2.75) is 11.8 Å². The quantitative estimate of drug-likeness (QED) is 0.599. The van der Waals surface area contributed by atoms with Crippen LogP contribution in [0.3, 0.4) is 0 Å². The highest BCUT2D eigenvalue weighted by atomic mass is 35.5. The van der Waals surface area contributed by atoms with E-state index in [0.717, 1.165) is 5.56 Å². The maximum absolute atomic E-state index is 12.2. The molecular weight excluding hydrogens is 298 g/mol. The highest BCUT2D eigenvalue weighted by Gasteiger charge is 2.15. The summed E-state index contributed by atoms with van der Waals surface area (Å²) in [5.41, 5.74) is 4.36. The van der Waals surface area contributed by atoms with Gasteiger partial charge in [0.25, 0.3) is 10.0 Å². The summed E-state index contributed by atoms with van der Waals surface area (Å²) >= 11 is 6.02. The molecule has 0 radical (unpaired) electrons. The lowest BCUT2D eigenvalue weighted by Crippen LogP contribution is -2.13. The third-order valence-electron chi connectivity index (χ3n) is 2.70. The molecule has 0 aliphatic carbocycles. The van der Waals surface area contributed by atoms with Crippen LogP contribution in [-0.2, 0) is 10.0 Å². The van der Waals surface area contributed by atoms with Gasteiger partial charge in [0.2, 0.25) is 0 Å². The molecule has 106 valence electrons. The predicted octanol–water partition coefficient (Wildman–Crippen LogP) is 2.73. The fraction of sp³-hybridized carbons (Fsp3) is 0.0769. The summed E-state index contributed by atoms with van der Waals surface area (Å²) in [6.07, 6.45) is 0. The number of benzene rings is 2. The molecule has 0 heterocycles. The minimum Gasteiger partial charge on any atom is -0.324 e. The van der Waals surface area contributed by atoms with E-state index in [4.69, 9.17) is 17.4 Å². The summed E-state index contributed by atoms with van der Waals surface area (Å²) in [7, 11) is -3.68. The number of sulfonamides is 1. The number of hydrogen-bond donors (Lipinski definition) is 3. The largest absolute Gasteiger partial charge is 0.324 e. The highest BCUT2D eigenvalue weighted by molar-refractivity contribution is 7.92. The summed E-state index contributed by atoms with van der Waals surface area (Å²) in [5, 5.41) is 0.355. The van der Waals surface area contributed by atoms with E-state index in [1.165, 1.54) is 12.1 Å². The molecule has 2 aromatic carbocycles. The van der Waals surface area contributed by atoms with Crippen LogP contribution in [0.5, 0.6) is 0 Å². The molecule has 0 fully saturated rings. The van der Waals surface area contributed by atoms with Gasteiger partial charge in [-0.15, -0.1) is 0 Å². The second-order valence-electron chi connectivity index (χ2n) is 4.26. The first-order chi connectivity index (χ1) is 9.42. The number of rotatable bonds is 4. The number of aryl methyl sites for hydroxylation is 1. The average molecular weight is 312 g/mol. The first-order valence-corrected chi connectivity index (χ1v) is 7.64. The molecule has 0 aromatic heterocycles. The van der Waals surface area contributed by atoms with Crippen molar-refractivity contribution in [1.29, 1.82) is 0 Å². The fourth-order valence-electron chi connectivity index (χ4n) is 1.64. The van der Waals surface area contributed by atoms with E-state index < -0.39 is 10.0 Å². The van der Waals surface area contributed by atoms with Gasteiger partial charge >= 0.3 is 0 Å². The zero-order chi connectivity index (χ0) is 14.8. The molecule has 0 saturated carbocycles. The molecule has 0 bridgehead atoms. The molecule has 0 atom stereocenters. The summed E-state index contributed by atoms with van der Waals surface area (Å²) < 4.78 is 26.9. The van der Waals surface area contributed by atoms with Crippen molar-refractivity contribution in [2.24, 2.45) is 5.84 Å². The van der Waals surface area contributed by atoms with Crippen molar-refractivity contribution < 1.29 is 8.42 Å². The molecule has 7 heteroatoms. The van der Waals surface area contributed by atoms with E-state index in [0.29, 0.717) is 16.4 Å². The summed E-state index contributed by atoms with van der Waals surface area (Å²) in [6, 6.07) is 11.2. The Morgan fingerprint density at radius 2 is 1.75 bits per heavy atom. The number of nitrogen functional groups attached to an aromatic ring is 1. The van der Waals surface area contributed by atoms with Gasteiger partial charge < -0.3 is 5.43 Å². The summed E-state index contributed by atoms with van der Waals surface area (Å²) in [6.45, 7) is 1.88. The second-order valence-corrected chi connectivity index (χ2v) is 6.35. The number of hydrogen-bond acceptors (Lipinski definition) is 4. The Hall–Kier alpha value is -1.76. The molecular formula is C13H14ClN3O2S. The van der Waals surface area contributed by atoms with Crippen molar-refractivity contribution in [2.75, 3.05) is 10.1 Å². The molecule has 0 amide bonds. The van der Waals surface area contributed by atoms with Crippen molar-refractivity contribution >= 4 is 33.0 Å². The minimum atomic E-state index is -3.68. The molecule has 5 nitrogen and oxygen atoms in total. The molecule has 2 rings (SSSR count). The minimum absolute atomic E-state index is 0.133. The van der Waals surface area contributed by atoms with Crippen molar-refractivity contribution in [3.05, 3.63) is 53.1 Å². The van der Waals surface area contributed by atoms with Gasteiger partial charge in [0, 0.05) is 5.69 Å². The van der Waals surface area contributed by atoms with Crippen LogP contribution < -0.4 is 16.0 Å². The monoisotopic (exact) mass is 311 g/mol. The fourth-order valence-corrected chi connectivity index (χ4v) is 3.06. The highest BCUT2D eigenvalue weighted by Crippen LogP contribution is 2.25. The zero-order valence-corrected chi connectivity index (χ0v) is 12.3. The third-order valence-corrected chi connectivity index (χ3v) is 4.39. The van der Waals surface area contributed by atoms with Gasteiger partial charge in [-0.05, 0) is 48.9 Å². The normalized spacial score (nSPS) is 11.2. The number of halogens is 1. The van der Waals surface area contributed by atoms with Crippen molar-refractivity contribution in [3.8, 4) is 0 Å². The number of nitrogens with one attached hydrogen (secondary N) is 2. The summed E-state index contributed by atoms with van der Waals surface area (Å²) in [4.78, 5) is 0.133. The van der Waals surface area contributed by atoms with Gasteiger partial charge in [0.15, 0.2) is 0 Å². The van der Waals surface area contributed by atoms with Gasteiger partial charge in [-0.2, -0.15) is 0 Å². The van der Waals surface area contributed by atoms with E-state index in [2.05, 4.69) is 10.1 Å². The van der Waals surface area contributed by atoms with Crippen LogP contribution in [0.2, 0.25) is 5.02 Å². The van der Waals surface area contributed by atoms with Gasteiger partial charge in [-0.3, -0.25) is 10.6 Å². The van der Waals surface area contributed by atoms with Crippen molar-refractivity contribution in [3.63, 3.8) is 0 Å². The Labute approximate surface area is 122 Å². The van der Waals surface area contributed by atoms with E-state index >= 15 is 0 Å². The lowest BCUT2D eigenvalue weighted by atomic mass is 10.2. The Balaban J connectivity index is 2.30. The van der Waals surface area contributed by atoms with Crippen LogP contribution >= 0.6 is 11.6 Å². The number of anilines is 2. The Kier molecular flexibility index (Phi) is 4.17. The molecule has 2 aromatic rings.